The fourth-order valence-corrected chi connectivity index (χ4v) is 16.2. The molecule has 3 unspecified atom stereocenters. The third-order valence-electron chi connectivity index (χ3n) is 20.1. The summed E-state index contributed by atoms with van der Waals surface area (Å²) in [7, 11) is -4.86. The van der Waals surface area contributed by atoms with Crippen molar-refractivity contribution in [1.29, 1.82) is 0 Å². The minimum absolute atomic E-state index is 0.00353. The van der Waals surface area contributed by atoms with Crippen molar-refractivity contribution >= 4 is 16.2 Å². The van der Waals surface area contributed by atoms with E-state index in [1.54, 1.807) is 13.8 Å². The van der Waals surface area contributed by atoms with Gasteiger partial charge in [0, 0.05) is 19.3 Å². The Kier molecular flexibility index (Phi) is 20.1. The van der Waals surface area contributed by atoms with Gasteiger partial charge in [0.1, 0.15) is 85.1 Å². The van der Waals surface area contributed by atoms with E-state index in [0.717, 1.165) is 6.42 Å². The van der Waals surface area contributed by atoms with Crippen LogP contribution < -0.4 is 0 Å². The number of ketones is 1. The number of carbonyl (C=O) groups excluding carboxylic acids is 1. The first-order chi connectivity index (χ1) is 38.7. The van der Waals surface area contributed by atoms with E-state index in [4.69, 9.17) is 51.6 Å². The average Bonchev–Trinajstić information content (AvgIpc) is 1.83. The Labute approximate surface area is 484 Å². The molecule has 0 aromatic rings. The molecule has 5 heterocycles. The summed E-state index contributed by atoms with van der Waals surface area (Å²) in [4.78, 5) is 13.2. The first-order valence-electron chi connectivity index (χ1n) is 29.6. The molecule has 0 aromatic carbocycles. The minimum atomic E-state index is -4.86. The second-order valence-corrected chi connectivity index (χ2v) is 27.6. The molecule has 9 rings (SSSR count). The molecule has 32 atom stereocenters. The maximum Gasteiger partial charge on any atom is 0.397 e. The normalized spacial score (nSPS) is 51.3. The molecule has 3 saturated carbocycles. The van der Waals surface area contributed by atoms with Gasteiger partial charge in [0.2, 0.25) is 0 Å². The van der Waals surface area contributed by atoms with Gasteiger partial charge in [-0.15, -0.1) is 0 Å². The van der Waals surface area contributed by atoms with Crippen molar-refractivity contribution in [2.24, 2.45) is 40.4 Å². The van der Waals surface area contributed by atoms with Crippen LogP contribution in [0.15, 0.2) is 11.6 Å². The second-order valence-electron chi connectivity index (χ2n) is 26.5. The Hall–Kier alpha value is -1.56. The molecule has 26 nitrogen and oxygen atoms in total. The number of fused-ring (bicyclic) bond motifs is 5. The van der Waals surface area contributed by atoms with Gasteiger partial charge in [0.05, 0.1) is 54.9 Å². The van der Waals surface area contributed by atoms with Crippen LogP contribution in [0, 0.1) is 40.4 Å². The Morgan fingerprint density at radius 1 is 0.639 bits per heavy atom. The zero-order valence-electron chi connectivity index (χ0n) is 48.7. The molecule has 0 amide bonds. The van der Waals surface area contributed by atoms with Gasteiger partial charge < -0.3 is 104 Å². The molecule has 0 spiro atoms. The molecule has 8 fully saturated rings. The molecule has 0 radical (unpaired) electrons. The number of hydrogen-bond acceptors (Lipinski definition) is 25. The molecule has 5 saturated heterocycles. The van der Waals surface area contributed by atoms with Gasteiger partial charge in [0.15, 0.2) is 31.5 Å². The highest BCUT2D eigenvalue weighted by molar-refractivity contribution is 7.80. The molecule has 0 bridgehead atoms. The lowest BCUT2D eigenvalue weighted by molar-refractivity contribution is -0.396. The van der Waals surface area contributed by atoms with E-state index in [9.17, 15) is 73.9 Å². The van der Waals surface area contributed by atoms with E-state index in [1.807, 2.05) is 13.8 Å². The van der Waals surface area contributed by atoms with Gasteiger partial charge >= 0.3 is 10.4 Å². The van der Waals surface area contributed by atoms with Crippen molar-refractivity contribution in [3.63, 3.8) is 0 Å². The van der Waals surface area contributed by atoms with Gasteiger partial charge in [-0.05, 0) is 120 Å². The van der Waals surface area contributed by atoms with E-state index >= 15 is 0 Å². The lowest BCUT2D eigenvalue weighted by Crippen LogP contribution is -2.66. The molecule has 12 N–H and O–H groups in total. The van der Waals surface area contributed by atoms with E-state index < -0.39 is 193 Å². The summed E-state index contributed by atoms with van der Waals surface area (Å²) in [6.07, 6.45) is -31.2. The van der Waals surface area contributed by atoms with Crippen molar-refractivity contribution < 1.29 is 125 Å². The van der Waals surface area contributed by atoms with Crippen LogP contribution in [-0.4, -0.2) is 241 Å². The Balaban J connectivity index is 0.977. The van der Waals surface area contributed by atoms with Gasteiger partial charge in [-0.1, -0.05) is 39.3 Å². The van der Waals surface area contributed by atoms with Crippen LogP contribution >= 0.6 is 0 Å². The summed E-state index contributed by atoms with van der Waals surface area (Å²) in [5.74, 6) is -0.684. The van der Waals surface area contributed by atoms with Crippen LogP contribution in [0.3, 0.4) is 0 Å². The zero-order chi connectivity index (χ0) is 60.7. The van der Waals surface area contributed by atoms with Crippen LogP contribution in [0.25, 0.3) is 0 Å². The molecule has 27 heteroatoms. The van der Waals surface area contributed by atoms with Crippen LogP contribution in [0.1, 0.15) is 127 Å². The summed E-state index contributed by atoms with van der Waals surface area (Å²) in [5.41, 5.74) is -1.18. The Morgan fingerprint density at radius 3 is 1.88 bits per heavy atom. The van der Waals surface area contributed by atoms with Crippen molar-refractivity contribution in [3.05, 3.63) is 11.6 Å². The summed E-state index contributed by atoms with van der Waals surface area (Å²) >= 11 is 0. The third kappa shape index (κ3) is 13.4. The van der Waals surface area contributed by atoms with Gasteiger partial charge in [-0.2, -0.15) is 8.42 Å². The quantitative estimate of drug-likeness (QED) is 0.0638. The number of ether oxygens (including phenoxy) is 10. The highest BCUT2D eigenvalue weighted by Gasteiger charge is 2.64. The van der Waals surface area contributed by atoms with Crippen LogP contribution in [-0.2, 0) is 66.7 Å². The van der Waals surface area contributed by atoms with E-state index in [1.165, 1.54) is 26.3 Å². The molecule has 478 valence electrons. The fraction of sp³-hybridized carbons (Fsp3) is 0.946. The zero-order valence-corrected chi connectivity index (χ0v) is 49.5. The fourth-order valence-electron chi connectivity index (χ4n) is 15.7. The minimum Gasteiger partial charge on any atom is -0.390 e. The average molecular weight is 1210 g/mol. The predicted octanol–water partition coefficient (Wildman–Crippen LogP) is -0.620. The lowest BCUT2D eigenvalue weighted by Gasteiger charge is -2.60. The summed E-state index contributed by atoms with van der Waals surface area (Å²) in [6.45, 7) is 15.3. The third-order valence-corrected chi connectivity index (χ3v) is 20.7. The first-order valence-corrected chi connectivity index (χ1v) is 31.0. The van der Waals surface area contributed by atoms with Crippen molar-refractivity contribution in [3.8, 4) is 0 Å². The number of Topliss-reactive ketones (excluding diaryl/α,β-unsaturated/α-hetero) is 1. The number of allylic oxidation sites excluding steroid dienone is 2. The van der Waals surface area contributed by atoms with E-state index in [2.05, 4.69) is 19.9 Å². The molecule has 0 aromatic heterocycles. The van der Waals surface area contributed by atoms with Crippen LogP contribution in [0.5, 0.6) is 0 Å². The second kappa shape index (κ2) is 25.4. The highest BCUT2D eigenvalue weighted by atomic mass is 32.3. The molecule has 4 aliphatic carbocycles. The smallest absolute Gasteiger partial charge is 0.390 e. The number of carbonyl (C=O) groups is 1. The van der Waals surface area contributed by atoms with E-state index in [-0.39, 0.29) is 55.1 Å². The topological polar surface area (TPSA) is 396 Å². The predicted molar refractivity (Wildman–Crippen MR) is 283 cm³/mol. The van der Waals surface area contributed by atoms with Gasteiger partial charge in [-0.25, -0.2) is 4.18 Å². The molecule has 83 heavy (non-hydrogen) atoms. The Bertz CT molecular complexity index is 2370. The van der Waals surface area contributed by atoms with Crippen LogP contribution in [0.2, 0.25) is 0 Å². The van der Waals surface area contributed by atoms with Crippen LogP contribution in [0.4, 0.5) is 0 Å². The first kappa shape index (κ1) is 65.9. The van der Waals surface area contributed by atoms with E-state index in [0.29, 0.717) is 32.1 Å². The molecule has 9 aliphatic rings. The summed E-state index contributed by atoms with van der Waals surface area (Å²) in [6, 6.07) is 0. The Morgan fingerprint density at radius 2 is 1.22 bits per heavy atom. The maximum absolute atomic E-state index is 13.2. The highest BCUT2D eigenvalue weighted by Crippen LogP contribution is 2.67. The standard InChI is InChI=1S/C56H92O26S/c1-22(2)16-27(57)20-56(9,68)37-11-10-30-29-18-35(32-17-28(82-83(69,70)71)12-14-54(32,7)31(29)13-15-55(30,37)8)77-51-45(67)46(40(62)26(6)75-51)79-52-47(81-50-44(66)42(64)38(60)24(4)74-50)41(63)36(21-72-52)78-53-48(43(65)39(61)25(5)76-53)80-49-34(59)19-33(58)23(3)73-49/h13,22-26,28-30,32-53,58-68H,10-12,14-21H2,1-9H3,(H,69,70,71)/t23-,24-,25-,26-,28+,29?,30?,32?,33-,34-,35+,36-,37+,38-,39+,40-,41+,42+,43+,44-,45-,46+,47-,48-,49+,50+,51+,52+,53+,54-,55+,56+/m1/s1. The number of hydrogen-bond donors (Lipinski definition) is 12. The number of aliphatic hydroxyl groups is 11. The lowest BCUT2D eigenvalue weighted by atomic mass is 9.47. The largest absolute Gasteiger partial charge is 0.397 e. The number of aliphatic hydroxyl groups excluding tert-OH is 10. The summed E-state index contributed by atoms with van der Waals surface area (Å²) in [5, 5.41) is 124. The molecular weight excluding hydrogens is 1120 g/mol. The summed E-state index contributed by atoms with van der Waals surface area (Å²) < 4.78 is 101. The maximum atomic E-state index is 13.2. The monoisotopic (exact) mass is 1210 g/mol. The SMILES string of the molecule is CC(C)CC(=O)C[C@](C)(O)[C@H]1CCC2C3C[C@H](O[C@@H]4O[C@H](C)[C@@H](O)[C@H](O[C@@H]5OC[C@@H](O[C@@H]6O[C@H](C)[C@H](O)[C@H](O)[C@H]6O[C@@H]6O[C@H](C)[C@H](O)C[C@H]6O)[C@H](O)[C@H]5O[C@@H]5O[C@H](C)[C@@H](O)[C@H](O)[C@H]5O)[C@H]4O)C4C[C@@H](OS(=O)(=O)O)CC[C@]4(C)C3=CC[C@@]21C. The van der Waals surface area contributed by atoms with Crippen molar-refractivity contribution in [2.75, 3.05) is 6.61 Å². The molecular formula is C56H92O26S. The number of rotatable bonds is 17. The van der Waals surface area contributed by atoms with Gasteiger partial charge in [-0.3, -0.25) is 9.35 Å². The molecule has 5 aliphatic heterocycles. The van der Waals surface area contributed by atoms with Crippen molar-refractivity contribution in [1.82, 2.24) is 0 Å². The van der Waals surface area contributed by atoms with Crippen molar-refractivity contribution in [2.45, 2.75) is 286 Å². The van der Waals surface area contributed by atoms with Gasteiger partial charge in [0.25, 0.3) is 0 Å².